The summed E-state index contributed by atoms with van der Waals surface area (Å²) >= 11 is 0. The lowest BCUT2D eigenvalue weighted by Crippen LogP contribution is -2.08. The lowest BCUT2D eigenvalue weighted by atomic mass is 10.1. The van der Waals surface area contributed by atoms with Crippen LogP contribution in [0, 0.1) is 0 Å². The Balaban J connectivity index is 2.47. The zero-order chi connectivity index (χ0) is 11.5. The molecule has 5 nitrogen and oxygen atoms in total. The summed E-state index contributed by atoms with van der Waals surface area (Å²) in [5.41, 5.74) is 13.6. The van der Waals surface area contributed by atoms with Crippen LogP contribution in [0.2, 0.25) is 0 Å². The smallest absolute Gasteiger partial charge is 0.137 e. The average molecular weight is 218 g/mol. The van der Waals surface area contributed by atoms with Crippen molar-refractivity contribution < 1.29 is 4.74 Å². The van der Waals surface area contributed by atoms with E-state index in [1.807, 2.05) is 25.4 Å². The number of rotatable bonds is 3. The molecule has 4 N–H and O–H groups in total. The quantitative estimate of drug-likeness (QED) is 0.594. The molecule has 5 heteroatoms. The fourth-order valence-electron chi connectivity index (χ4n) is 1.55. The largest absolute Gasteiger partial charge is 0.478 e. The molecule has 0 amide bonds. The van der Waals surface area contributed by atoms with Crippen LogP contribution in [0.15, 0.2) is 30.6 Å². The highest BCUT2D eigenvalue weighted by Gasteiger charge is 2.08. The highest BCUT2D eigenvalue weighted by atomic mass is 16.5. The highest BCUT2D eigenvalue weighted by molar-refractivity contribution is 5.72. The maximum Gasteiger partial charge on any atom is 0.137 e. The molecule has 16 heavy (non-hydrogen) atoms. The molecule has 0 radical (unpaired) electrons. The van der Waals surface area contributed by atoms with Gasteiger partial charge in [-0.1, -0.05) is 0 Å². The second-order valence-corrected chi connectivity index (χ2v) is 3.47. The Labute approximate surface area is 93.6 Å². The first-order chi connectivity index (χ1) is 7.70. The number of nitrogens with zero attached hydrogens (tertiary/aromatic N) is 2. The van der Waals surface area contributed by atoms with E-state index in [1.54, 1.807) is 16.9 Å². The molecule has 1 heterocycles. The molecule has 0 saturated carbocycles. The zero-order valence-electron chi connectivity index (χ0n) is 9.05. The zero-order valence-corrected chi connectivity index (χ0v) is 9.05. The lowest BCUT2D eigenvalue weighted by Gasteiger charge is -2.09. The predicted octanol–water partition coefficient (Wildman–Crippen LogP) is 0.964. The number of hydrogen-bond donors (Lipinski definition) is 2. The van der Waals surface area contributed by atoms with Gasteiger partial charge in [-0.25, -0.2) is 0 Å². The number of aryl methyl sites for hydroxylation is 1. The Morgan fingerprint density at radius 3 is 2.88 bits per heavy atom. The predicted molar refractivity (Wildman–Crippen MR) is 62.7 cm³/mol. The average Bonchev–Trinajstić information content (AvgIpc) is 2.65. The number of ether oxygens (including phenoxy) is 1. The van der Waals surface area contributed by atoms with Crippen LogP contribution in [-0.2, 0) is 7.05 Å². The standard InChI is InChI=1S/C11H14N4O/c1-15-6-8(5-14-15)10-3-2-9(13)4-11(10)16-7-12/h2-6H,7,12-13H2,1H3. The van der Waals surface area contributed by atoms with Crippen molar-refractivity contribution in [2.45, 2.75) is 0 Å². The van der Waals surface area contributed by atoms with Crippen LogP contribution in [0.5, 0.6) is 5.75 Å². The number of benzene rings is 1. The lowest BCUT2D eigenvalue weighted by molar-refractivity contribution is 0.331. The molecule has 2 aromatic rings. The van der Waals surface area contributed by atoms with Gasteiger partial charge in [-0.05, 0) is 12.1 Å². The molecule has 0 spiro atoms. The summed E-state index contributed by atoms with van der Waals surface area (Å²) in [4.78, 5) is 0. The van der Waals surface area contributed by atoms with Crippen molar-refractivity contribution in [2.24, 2.45) is 12.8 Å². The Bertz CT molecular complexity index is 492. The van der Waals surface area contributed by atoms with Gasteiger partial charge in [-0.2, -0.15) is 5.10 Å². The van der Waals surface area contributed by atoms with Gasteiger partial charge in [0.1, 0.15) is 12.5 Å². The number of anilines is 1. The fourth-order valence-corrected chi connectivity index (χ4v) is 1.55. The summed E-state index contributed by atoms with van der Waals surface area (Å²) in [6.45, 7) is 0.122. The SMILES string of the molecule is Cn1cc(-c2ccc(N)cc2OCN)cn1. The van der Waals surface area contributed by atoms with Crippen molar-refractivity contribution in [1.29, 1.82) is 0 Å². The molecule has 0 aliphatic carbocycles. The first kappa shape index (κ1) is 10.5. The first-order valence-electron chi connectivity index (χ1n) is 4.92. The molecule has 1 aromatic heterocycles. The third-order valence-corrected chi connectivity index (χ3v) is 2.26. The monoisotopic (exact) mass is 218 g/mol. The van der Waals surface area contributed by atoms with Gasteiger partial charge in [-0.15, -0.1) is 0 Å². The van der Waals surface area contributed by atoms with E-state index in [2.05, 4.69) is 5.10 Å². The van der Waals surface area contributed by atoms with Crippen LogP contribution in [0.3, 0.4) is 0 Å². The van der Waals surface area contributed by atoms with Gasteiger partial charge in [0, 0.05) is 36.1 Å². The topological polar surface area (TPSA) is 79.1 Å². The number of nitrogens with two attached hydrogens (primary N) is 2. The Morgan fingerprint density at radius 1 is 1.44 bits per heavy atom. The molecule has 1 aromatic carbocycles. The molecule has 2 rings (SSSR count). The number of aromatic nitrogens is 2. The van der Waals surface area contributed by atoms with Gasteiger partial charge < -0.3 is 10.5 Å². The normalized spacial score (nSPS) is 10.4. The van der Waals surface area contributed by atoms with Crippen LogP contribution in [0.25, 0.3) is 11.1 Å². The molecule has 84 valence electrons. The van der Waals surface area contributed by atoms with Gasteiger partial charge in [-0.3, -0.25) is 10.4 Å². The third kappa shape index (κ3) is 1.99. The van der Waals surface area contributed by atoms with Gasteiger partial charge in [0.2, 0.25) is 0 Å². The molecule has 0 bridgehead atoms. The van der Waals surface area contributed by atoms with Crippen molar-refractivity contribution in [2.75, 3.05) is 12.5 Å². The summed E-state index contributed by atoms with van der Waals surface area (Å²) in [6.07, 6.45) is 3.68. The molecule has 0 fully saturated rings. The maximum atomic E-state index is 5.70. The summed E-state index contributed by atoms with van der Waals surface area (Å²) in [5.74, 6) is 0.676. The Hall–Kier alpha value is -2.01. The van der Waals surface area contributed by atoms with Gasteiger partial charge in [0.25, 0.3) is 0 Å². The number of nitrogen functional groups attached to an aromatic ring is 1. The van der Waals surface area contributed by atoms with E-state index in [0.29, 0.717) is 11.4 Å². The van der Waals surface area contributed by atoms with E-state index in [4.69, 9.17) is 16.2 Å². The number of hydrogen-bond acceptors (Lipinski definition) is 4. The second kappa shape index (κ2) is 4.24. The third-order valence-electron chi connectivity index (χ3n) is 2.26. The molecule has 0 saturated heterocycles. The molecular weight excluding hydrogens is 204 g/mol. The van der Waals surface area contributed by atoms with Crippen molar-refractivity contribution in [3.05, 3.63) is 30.6 Å². The highest BCUT2D eigenvalue weighted by Crippen LogP contribution is 2.31. The van der Waals surface area contributed by atoms with Crippen LogP contribution < -0.4 is 16.2 Å². The van der Waals surface area contributed by atoms with Gasteiger partial charge >= 0.3 is 0 Å². The summed E-state index contributed by atoms with van der Waals surface area (Å²) in [5, 5.41) is 4.12. The van der Waals surface area contributed by atoms with E-state index in [-0.39, 0.29) is 6.73 Å². The summed E-state index contributed by atoms with van der Waals surface area (Å²) in [7, 11) is 1.87. The van der Waals surface area contributed by atoms with Crippen molar-refractivity contribution in [1.82, 2.24) is 9.78 Å². The Kier molecular flexibility index (Phi) is 2.78. The summed E-state index contributed by atoms with van der Waals surface area (Å²) < 4.78 is 7.08. The molecule has 0 aliphatic heterocycles. The minimum Gasteiger partial charge on any atom is -0.478 e. The molecular formula is C11H14N4O. The first-order valence-corrected chi connectivity index (χ1v) is 4.92. The second-order valence-electron chi connectivity index (χ2n) is 3.47. The van der Waals surface area contributed by atoms with Gasteiger partial charge in [0.15, 0.2) is 0 Å². The van der Waals surface area contributed by atoms with E-state index in [1.165, 1.54) is 0 Å². The van der Waals surface area contributed by atoms with Crippen LogP contribution in [0.1, 0.15) is 0 Å². The van der Waals surface area contributed by atoms with E-state index in [0.717, 1.165) is 11.1 Å². The van der Waals surface area contributed by atoms with Crippen molar-refractivity contribution >= 4 is 5.69 Å². The van der Waals surface area contributed by atoms with E-state index in [9.17, 15) is 0 Å². The molecule has 0 aliphatic rings. The van der Waals surface area contributed by atoms with E-state index < -0.39 is 0 Å². The van der Waals surface area contributed by atoms with E-state index >= 15 is 0 Å². The maximum absolute atomic E-state index is 5.70. The van der Waals surface area contributed by atoms with Crippen LogP contribution in [-0.4, -0.2) is 16.5 Å². The minimum absolute atomic E-state index is 0.122. The van der Waals surface area contributed by atoms with Crippen LogP contribution in [0.4, 0.5) is 5.69 Å². The fraction of sp³-hybridized carbons (Fsp3) is 0.182. The minimum atomic E-state index is 0.122. The van der Waals surface area contributed by atoms with Gasteiger partial charge in [0.05, 0.1) is 6.20 Å². The van der Waals surface area contributed by atoms with Crippen molar-refractivity contribution in [3.8, 4) is 16.9 Å². The molecule has 0 unspecified atom stereocenters. The Morgan fingerprint density at radius 2 is 2.25 bits per heavy atom. The summed E-state index contributed by atoms with van der Waals surface area (Å²) in [6, 6.07) is 5.48. The van der Waals surface area contributed by atoms with Crippen molar-refractivity contribution in [3.63, 3.8) is 0 Å². The molecule has 0 atom stereocenters. The van der Waals surface area contributed by atoms with Crippen LogP contribution >= 0.6 is 0 Å².